The summed E-state index contributed by atoms with van der Waals surface area (Å²) in [6.07, 6.45) is 3.94. The quantitative estimate of drug-likeness (QED) is 0.745. The Balaban J connectivity index is 1.53. The van der Waals surface area contributed by atoms with Crippen LogP contribution in [0.5, 0.6) is 0 Å². The SMILES string of the molecule is Cc1ccccc1CN1C[C@@H](C)N(c2cnn(C3CCCCO3)c(=O)c2Cl)CC1=O. The lowest BCUT2D eigenvalue weighted by Crippen LogP contribution is -2.55. The van der Waals surface area contributed by atoms with Gasteiger partial charge in [0.05, 0.1) is 18.4 Å². The van der Waals surface area contributed by atoms with E-state index in [0.717, 1.165) is 24.8 Å². The van der Waals surface area contributed by atoms with Crippen molar-refractivity contribution in [3.8, 4) is 0 Å². The second kappa shape index (κ2) is 8.78. The molecule has 3 heterocycles. The van der Waals surface area contributed by atoms with Crippen LogP contribution in [0, 0.1) is 6.92 Å². The molecule has 0 saturated carbocycles. The molecule has 8 heteroatoms. The smallest absolute Gasteiger partial charge is 0.290 e. The topological polar surface area (TPSA) is 67.7 Å². The van der Waals surface area contributed by atoms with Gasteiger partial charge in [-0.15, -0.1) is 0 Å². The fraction of sp³-hybridized carbons (Fsp3) is 0.500. The van der Waals surface area contributed by atoms with Crippen molar-refractivity contribution >= 4 is 23.2 Å². The molecule has 2 aliphatic rings. The van der Waals surface area contributed by atoms with Gasteiger partial charge in [-0.05, 0) is 44.2 Å². The molecule has 2 aliphatic heterocycles. The summed E-state index contributed by atoms with van der Waals surface area (Å²) in [6.45, 7) is 6.00. The fourth-order valence-electron chi connectivity index (χ4n) is 4.15. The van der Waals surface area contributed by atoms with Crippen molar-refractivity contribution in [1.82, 2.24) is 14.7 Å². The first-order chi connectivity index (χ1) is 14.5. The van der Waals surface area contributed by atoms with Crippen LogP contribution in [0.25, 0.3) is 0 Å². The number of nitrogens with zero attached hydrogens (tertiary/aromatic N) is 4. The average molecular weight is 431 g/mol. The number of aromatic nitrogens is 2. The maximum atomic E-state index is 12.9. The molecule has 1 amide bonds. The molecule has 0 radical (unpaired) electrons. The third-order valence-corrected chi connectivity index (χ3v) is 6.32. The van der Waals surface area contributed by atoms with Crippen LogP contribution in [0.2, 0.25) is 5.02 Å². The number of hydrogen-bond donors (Lipinski definition) is 0. The van der Waals surface area contributed by atoms with E-state index in [1.165, 1.54) is 10.2 Å². The van der Waals surface area contributed by atoms with Crippen LogP contribution < -0.4 is 10.5 Å². The number of halogens is 1. The summed E-state index contributed by atoms with van der Waals surface area (Å²) in [6, 6.07) is 8.09. The van der Waals surface area contributed by atoms with Crippen LogP contribution in [-0.2, 0) is 16.1 Å². The number of carbonyl (C=O) groups excluding carboxylic acids is 1. The number of aryl methyl sites for hydroxylation is 1. The van der Waals surface area contributed by atoms with E-state index in [4.69, 9.17) is 16.3 Å². The van der Waals surface area contributed by atoms with Gasteiger partial charge in [0.15, 0.2) is 6.23 Å². The van der Waals surface area contributed by atoms with Crippen molar-refractivity contribution in [1.29, 1.82) is 0 Å². The summed E-state index contributed by atoms with van der Waals surface area (Å²) in [5.41, 5.74) is 2.44. The van der Waals surface area contributed by atoms with Crippen LogP contribution in [0.1, 0.15) is 43.5 Å². The lowest BCUT2D eigenvalue weighted by Gasteiger charge is -2.41. The van der Waals surface area contributed by atoms with Gasteiger partial charge in [-0.25, -0.2) is 0 Å². The molecule has 0 spiro atoms. The molecule has 0 aliphatic carbocycles. The highest BCUT2D eigenvalue weighted by molar-refractivity contribution is 6.33. The minimum Gasteiger partial charge on any atom is -0.356 e. The highest BCUT2D eigenvalue weighted by Gasteiger charge is 2.32. The molecule has 1 unspecified atom stereocenters. The number of carbonyl (C=O) groups is 1. The number of piperazine rings is 1. The van der Waals surface area contributed by atoms with Gasteiger partial charge in [0, 0.05) is 25.7 Å². The molecule has 2 saturated heterocycles. The largest absolute Gasteiger partial charge is 0.356 e. The molecule has 4 rings (SSSR count). The first-order valence-electron chi connectivity index (χ1n) is 10.4. The zero-order valence-corrected chi connectivity index (χ0v) is 18.1. The number of anilines is 1. The number of benzene rings is 1. The van der Waals surface area contributed by atoms with Gasteiger partial charge in [0.25, 0.3) is 5.56 Å². The van der Waals surface area contributed by atoms with E-state index < -0.39 is 0 Å². The van der Waals surface area contributed by atoms with Gasteiger partial charge in [-0.3, -0.25) is 9.59 Å². The Kier molecular flexibility index (Phi) is 6.11. The van der Waals surface area contributed by atoms with Crippen LogP contribution in [0.15, 0.2) is 35.3 Å². The second-order valence-electron chi connectivity index (χ2n) is 8.09. The molecule has 7 nitrogen and oxygen atoms in total. The summed E-state index contributed by atoms with van der Waals surface area (Å²) in [4.78, 5) is 29.4. The summed E-state index contributed by atoms with van der Waals surface area (Å²) in [5, 5.41) is 4.41. The van der Waals surface area contributed by atoms with Gasteiger partial charge < -0.3 is 14.5 Å². The molecule has 2 fully saturated rings. The van der Waals surface area contributed by atoms with E-state index in [9.17, 15) is 9.59 Å². The summed E-state index contributed by atoms with van der Waals surface area (Å²) >= 11 is 6.46. The lowest BCUT2D eigenvalue weighted by molar-refractivity contribution is -0.132. The monoisotopic (exact) mass is 430 g/mol. The van der Waals surface area contributed by atoms with Crippen molar-refractivity contribution in [2.75, 3.05) is 24.6 Å². The first kappa shape index (κ1) is 20.9. The van der Waals surface area contributed by atoms with Gasteiger partial charge in [0.1, 0.15) is 5.02 Å². The van der Waals surface area contributed by atoms with Gasteiger partial charge in [-0.1, -0.05) is 35.9 Å². The molecule has 2 atom stereocenters. The molecule has 1 aromatic heterocycles. The minimum atomic E-state index is -0.372. The van der Waals surface area contributed by atoms with Crippen molar-refractivity contribution in [3.63, 3.8) is 0 Å². The maximum Gasteiger partial charge on any atom is 0.290 e. The molecular formula is C22H27ClN4O3. The lowest BCUT2D eigenvalue weighted by atomic mass is 10.1. The van der Waals surface area contributed by atoms with E-state index in [-0.39, 0.29) is 35.3 Å². The van der Waals surface area contributed by atoms with Crippen molar-refractivity contribution in [2.45, 2.75) is 51.9 Å². The van der Waals surface area contributed by atoms with Crippen LogP contribution in [-0.4, -0.2) is 46.3 Å². The molecule has 0 bridgehead atoms. The second-order valence-corrected chi connectivity index (χ2v) is 8.47. The summed E-state index contributed by atoms with van der Waals surface area (Å²) < 4.78 is 7.00. The van der Waals surface area contributed by atoms with Crippen molar-refractivity contribution in [2.24, 2.45) is 0 Å². The van der Waals surface area contributed by atoms with E-state index in [0.29, 0.717) is 25.4 Å². The average Bonchev–Trinajstić information content (AvgIpc) is 2.75. The molecule has 0 N–H and O–H groups in total. The zero-order chi connectivity index (χ0) is 21.3. The Bertz CT molecular complexity index is 987. The number of rotatable bonds is 4. The predicted molar refractivity (Wildman–Crippen MR) is 116 cm³/mol. The van der Waals surface area contributed by atoms with Crippen LogP contribution in [0.4, 0.5) is 5.69 Å². The van der Waals surface area contributed by atoms with Gasteiger partial charge in [-0.2, -0.15) is 9.78 Å². The van der Waals surface area contributed by atoms with Gasteiger partial charge >= 0.3 is 0 Å². The Hall–Kier alpha value is -2.38. The standard InChI is InChI=1S/C22H27ClN4O3/c1-15-7-3-4-8-17(15)13-25-12-16(2)26(14-19(25)28)18-11-24-27(22(29)21(18)23)20-9-5-6-10-30-20/h3-4,7-8,11,16,20H,5-6,9-10,12-14H2,1-2H3/t16-,20?/m1/s1. The number of hydrogen-bond acceptors (Lipinski definition) is 5. The van der Waals surface area contributed by atoms with Gasteiger partial charge in [0.2, 0.25) is 5.91 Å². The van der Waals surface area contributed by atoms with E-state index in [2.05, 4.69) is 18.1 Å². The van der Waals surface area contributed by atoms with Crippen molar-refractivity contribution < 1.29 is 9.53 Å². The molecule has 1 aromatic carbocycles. The first-order valence-corrected chi connectivity index (χ1v) is 10.8. The Morgan fingerprint density at radius 1 is 1.23 bits per heavy atom. The fourth-order valence-corrected chi connectivity index (χ4v) is 4.39. The maximum absolute atomic E-state index is 12.9. The zero-order valence-electron chi connectivity index (χ0n) is 17.4. The summed E-state index contributed by atoms with van der Waals surface area (Å²) in [7, 11) is 0. The normalized spacial score (nSPS) is 22.4. The number of amides is 1. The molecular weight excluding hydrogens is 404 g/mol. The molecule has 2 aromatic rings. The molecule has 160 valence electrons. The summed E-state index contributed by atoms with van der Waals surface area (Å²) in [5.74, 6) is 0.00668. The third-order valence-electron chi connectivity index (χ3n) is 5.96. The van der Waals surface area contributed by atoms with E-state index >= 15 is 0 Å². The Labute approximate surface area is 181 Å². The third kappa shape index (κ3) is 4.09. The Morgan fingerprint density at radius 3 is 2.77 bits per heavy atom. The number of ether oxygens (including phenoxy) is 1. The predicted octanol–water partition coefficient (Wildman–Crippen LogP) is 3.14. The minimum absolute atomic E-state index is 0.00667. The van der Waals surface area contributed by atoms with Crippen molar-refractivity contribution in [3.05, 3.63) is 57.0 Å². The Morgan fingerprint density at radius 2 is 2.03 bits per heavy atom. The van der Waals surface area contributed by atoms with E-state index in [1.54, 1.807) is 6.20 Å². The van der Waals surface area contributed by atoms with Crippen LogP contribution in [0.3, 0.4) is 0 Å². The van der Waals surface area contributed by atoms with E-state index in [1.807, 2.05) is 34.9 Å². The highest BCUT2D eigenvalue weighted by Crippen LogP contribution is 2.28. The van der Waals surface area contributed by atoms with Crippen LogP contribution >= 0.6 is 11.6 Å². The highest BCUT2D eigenvalue weighted by atomic mass is 35.5. The molecule has 30 heavy (non-hydrogen) atoms.